The highest BCUT2D eigenvalue weighted by atomic mass is 127. The molecule has 2 unspecified atom stereocenters. The first-order valence-electron chi connectivity index (χ1n) is 7.84. The van der Waals surface area contributed by atoms with Gasteiger partial charge in [0.15, 0.2) is 5.82 Å². The van der Waals surface area contributed by atoms with Gasteiger partial charge in [-0.15, -0.1) is 0 Å². The number of hydrogen-bond donors (Lipinski definition) is 1. The summed E-state index contributed by atoms with van der Waals surface area (Å²) in [5, 5.41) is 4.31. The topological polar surface area (TPSA) is 53.4 Å². The molecule has 0 aliphatic carbocycles. The first kappa shape index (κ1) is 18.0. The lowest BCUT2D eigenvalue weighted by Gasteiger charge is -2.43. The minimum absolute atomic E-state index is 0.118. The molecule has 2 aliphatic rings. The van der Waals surface area contributed by atoms with Crippen LogP contribution in [-0.2, 0) is 0 Å². The number of nitrogens with zero attached hydrogens (tertiary/aromatic N) is 4. The summed E-state index contributed by atoms with van der Waals surface area (Å²) in [6, 6.07) is 0.263. The van der Waals surface area contributed by atoms with Crippen LogP contribution in [0.3, 0.4) is 0 Å². The van der Waals surface area contributed by atoms with E-state index in [-0.39, 0.29) is 17.6 Å². The van der Waals surface area contributed by atoms with Gasteiger partial charge in [0.05, 0.1) is 45.0 Å². The molecule has 1 aromatic heterocycles. The molecule has 2 atom stereocenters. The molecule has 1 aromatic carbocycles. The van der Waals surface area contributed by atoms with Gasteiger partial charge >= 0.3 is 5.69 Å². The second kappa shape index (κ2) is 6.34. The normalized spacial score (nSPS) is 23.4. The molecule has 1 saturated heterocycles. The van der Waals surface area contributed by atoms with Gasteiger partial charge in [-0.2, -0.15) is 4.98 Å². The largest absolute Gasteiger partial charge is 0.381 e. The fourth-order valence-electron chi connectivity index (χ4n) is 3.73. The van der Waals surface area contributed by atoms with Crippen molar-refractivity contribution >= 4 is 79.7 Å². The second-order valence-corrected chi connectivity index (χ2v) is 9.18. The van der Waals surface area contributed by atoms with Crippen LogP contribution >= 0.6 is 57.3 Å². The Morgan fingerprint density at radius 2 is 2.08 bits per heavy atom. The molecule has 2 aromatic rings. The summed E-state index contributed by atoms with van der Waals surface area (Å²) in [6.45, 7) is 6.03. The summed E-state index contributed by atoms with van der Waals surface area (Å²) in [6.07, 6.45) is 0. The van der Waals surface area contributed by atoms with Crippen LogP contribution in [0.1, 0.15) is 12.5 Å². The van der Waals surface area contributed by atoms with Gasteiger partial charge in [0.25, 0.3) is 0 Å². The molecule has 4 rings (SSSR count). The average molecular weight is 590 g/mol. The predicted octanol–water partition coefficient (Wildman–Crippen LogP) is 3.35. The van der Waals surface area contributed by atoms with E-state index in [9.17, 15) is 4.79 Å². The number of anilines is 2. The fourth-order valence-corrected chi connectivity index (χ4v) is 5.56. The molecule has 3 heterocycles. The van der Waals surface area contributed by atoms with Crippen molar-refractivity contribution in [1.82, 2.24) is 10.9 Å². The summed E-state index contributed by atoms with van der Waals surface area (Å²) in [5.74, 6) is 0.0510. The number of halogens is 4. The molecule has 10 heteroatoms. The molecule has 0 spiro atoms. The molecule has 1 N–H and O–H groups in total. The summed E-state index contributed by atoms with van der Waals surface area (Å²) >= 11 is 10.6. The highest BCUT2D eigenvalue weighted by molar-refractivity contribution is 14.1. The molecular formula is C15H15ClFI2N5O. The Morgan fingerprint density at radius 1 is 1.36 bits per heavy atom. The Balaban J connectivity index is 2.13. The Morgan fingerprint density at radius 3 is 2.80 bits per heavy atom. The third kappa shape index (κ3) is 2.64. The number of benzene rings is 1. The van der Waals surface area contributed by atoms with Crippen LogP contribution < -0.4 is 15.9 Å². The van der Waals surface area contributed by atoms with Crippen LogP contribution in [0, 0.1) is 12.7 Å². The number of rotatable bonds is 0. The molecule has 25 heavy (non-hydrogen) atoms. The predicted molar refractivity (Wildman–Crippen MR) is 115 cm³/mol. The van der Waals surface area contributed by atoms with E-state index in [0.717, 1.165) is 13.1 Å². The van der Waals surface area contributed by atoms with Crippen LogP contribution in [0.5, 0.6) is 0 Å². The van der Waals surface area contributed by atoms with Crippen molar-refractivity contribution in [2.45, 2.75) is 25.9 Å². The third-order valence-electron chi connectivity index (χ3n) is 4.86. The zero-order valence-corrected chi connectivity index (χ0v) is 18.6. The lowest BCUT2D eigenvalue weighted by molar-refractivity contribution is 0.340. The maximum atomic E-state index is 15.0. The van der Waals surface area contributed by atoms with Crippen LogP contribution in [-0.4, -0.2) is 42.6 Å². The van der Waals surface area contributed by atoms with E-state index in [4.69, 9.17) is 11.6 Å². The quantitative estimate of drug-likeness (QED) is 0.378. The number of fused-ring (bicyclic) bond motifs is 2. The Hall–Kier alpha value is -0.400. The van der Waals surface area contributed by atoms with Gasteiger partial charge in [0.1, 0.15) is 11.3 Å². The summed E-state index contributed by atoms with van der Waals surface area (Å²) in [4.78, 5) is 18.9. The molecule has 0 bridgehead atoms. The first-order valence-corrected chi connectivity index (χ1v) is 10.2. The third-order valence-corrected chi connectivity index (χ3v) is 7.02. The SMILES string of the molecule is Cc1c(Cl)c2c3c(nc(=O)n(I)c3c1F)N1C(C)CN(I)CC1CN2. The molecule has 134 valence electrons. The van der Waals surface area contributed by atoms with Crippen molar-refractivity contribution in [3.8, 4) is 0 Å². The zero-order chi connectivity index (χ0) is 18.0. The van der Waals surface area contributed by atoms with E-state index in [1.807, 2.05) is 0 Å². The standard InChI is InChI=1S/C15H15ClFI2N5O/c1-6-4-22(18)5-8-3-20-12-9-13(11(17)7(2)10(12)16)24(19)15(25)21-14(9)23(6)8/h6,8,20H,3-5H2,1-2H3. The van der Waals surface area contributed by atoms with E-state index in [1.165, 1.54) is 2.78 Å². The van der Waals surface area contributed by atoms with E-state index < -0.39 is 11.5 Å². The Labute approximate surface area is 176 Å². The van der Waals surface area contributed by atoms with E-state index in [0.29, 0.717) is 34.0 Å². The number of hydrogen-bond acceptors (Lipinski definition) is 5. The maximum Gasteiger partial charge on any atom is 0.359 e. The number of aromatic nitrogens is 2. The van der Waals surface area contributed by atoms with Crippen LogP contribution in [0.25, 0.3) is 10.9 Å². The first-order chi connectivity index (χ1) is 11.8. The van der Waals surface area contributed by atoms with Gasteiger partial charge in [-0.25, -0.2) is 15.1 Å². The molecule has 0 saturated carbocycles. The second-order valence-electron chi connectivity index (χ2n) is 6.47. The molecule has 0 radical (unpaired) electrons. The van der Waals surface area contributed by atoms with Crippen molar-refractivity contribution in [3.63, 3.8) is 0 Å². The summed E-state index contributed by atoms with van der Waals surface area (Å²) in [7, 11) is 0. The molecule has 2 aliphatic heterocycles. The van der Waals surface area contributed by atoms with Gasteiger partial charge in [-0.3, -0.25) is 0 Å². The van der Waals surface area contributed by atoms with Crippen LogP contribution in [0.4, 0.5) is 15.9 Å². The van der Waals surface area contributed by atoms with Crippen molar-refractivity contribution in [3.05, 3.63) is 26.9 Å². The molecule has 6 nitrogen and oxygen atoms in total. The van der Waals surface area contributed by atoms with Crippen LogP contribution in [0.2, 0.25) is 5.02 Å². The van der Waals surface area contributed by atoms with Crippen LogP contribution in [0.15, 0.2) is 4.79 Å². The smallest absolute Gasteiger partial charge is 0.359 e. The minimum atomic E-state index is -0.473. The molecule has 0 amide bonds. The maximum absolute atomic E-state index is 15.0. The monoisotopic (exact) mass is 589 g/mol. The van der Waals surface area contributed by atoms with Gasteiger partial charge in [-0.05, 0) is 13.8 Å². The van der Waals surface area contributed by atoms with Gasteiger partial charge in [0.2, 0.25) is 0 Å². The lowest BCUT2D eigenvalue weighted by atomic mass is 10.1. The minimum Gasteiger partial charge on any atom is -0.381 e. The number of piperazine rings is 1. The highest BCUT2D eigenvalue weighted by Crippen LogP contribution is 2.43. The molecule has 1 fully saturated rings. The van der Waals surface area contributed by atoms with E-state index in [2.05, 4.69) is 48.1 Å². The lowest BCUT2D eigenvalue weighted by Crippen LogP contribution is -2.57. The Kier molecular flexibility index (Phi) is 4.56. The van der Waals surface area contributed by atoms with Gasteiger partial charge < -0.3 is 10.2 Å². The van der Waals surface area contributed by atoms with E-state index in [1.54, 1.807) is 29.8 Å². The van der Waals surface area contributed by atoms with Crippen molar-refractivity contribution in [1.29, 1.82) is 0 Å². The van der Waals surface area contributed by atoms with E-state index >= 15 is 4.39 Å². The summed E-state index contributed by atoms with van der Waals surface area (Å²) in [5.41, 5.74) is 0.761. The van der Waals surface area contributed by atoms with Crippen molar-refractivity contribution < 1.29 is 4.39 Å². The zero-order valence-electron chi connectivity index (χ0n) is 13.5. The molecular weight excluding hydrogens is 574 g/mol. The van der Waals surface area contributed by atoms with Crippen molar-refractivity contribution in [2.75, 3.05) is 29.9 Å². The number of nitrogens with one attached hydrogen (secondary N) is 1. The average Bonchev–Trinajstić information content (AvgIpc) is 2.70. The highest BCUT2D eigenvalue weighted by Gasteiger charge is 2.37. The fraction of sp³-hybridized carbons (Fsp3) is 0.467. The van der Waals surface area contributed by atoms with Gasteiger partial charge in [-0.1, -0.05) is 11.6 Å². The summed E-state index contributed by atoms with van der Waals surface area (Å²) < 4.78 is 18.5. The van der Waals surface area contributed by atoms with Crippen molar-refractivity contribution in [2.24, 2.45) is 0 Å². The Bertz CT molecular complexity index is 952. The van der Waals surface area contributed by atoms with Gasteiger partial charge in [0, 0.05) is 54.1 Å².